The van der Waals surface area contributed by atoms with Crippen LogP contribution in [0.2, 0.25) is 5.02 Å². The van der Waals surface area contributed by atoms with E-state index in [1.54, 1.807) is 12.1 Å². The summed E-state index contributed by atoms with van der Waals surface area (Å²) in [5.74, 6) is 0.238. The van der Waals surface area contributed by atoms with Gasteiger partial charge in [0, 0.05) is 19.0 Å². The molecule has 21 heavy (non-hydrogen) atoms. The summed E-state index contributed by atoms with van der Waals surface area (Å²) in [6.07, 6.45) is 3.15. The van der Waals surface area contributed by atoms with Crippen molar-refractivity contribution < 1.29 is 13.3 Å². The molecule has 0 unspecified atom stereocenters. The fourth-order valence-corrected chi connectivity index (χ4v) is 1.76. The first-order valence-electron chi connectivity index (χ1n) is 5.67. The Hall–Kier alpha value is -2.07. The zero-order valence-electron chi connectivity index (χ0n) is 11.0. The minimum atomic E-state index is -3.15. The molecular weight excluding hydrogens is 322 g/mol. The first kappa shape index (κ1) is 17.0. The summed E-state index contributed by atoms with van der Waals surface area (Å²) in [5.41, 5.74) is 5.15. The number of halogens is 1. The Balaban J connectivity index is 2.58. The quantitative estimate of drug-likeness (QED) is 0.459. The number of nitrogens with zero attached hydrogens (tertiary/aromatic N) is 2. The summed E-state index contributed by atoms with van der Waals surface area (Å²) in [4.78, 5) is 13.7. The molecule has 0 saturated carbocycles. The molecular formula is C10H14ClN5O4S. The molecule has 3 N–H and O–H groups in total. The number of rotatable bonds is 8. The van der Waals surface area contributed by atoms with E-state index in [0.717, 1.165) is 6.26 Å². The third-order valence-electron chi connectivity index (χ3n) is 2.08. The topological polar surface area (TPSA) is 126 Å². The van der Waals surface area contributed by atoms with Gasteiger partial charge in [-0.25, -0.2) is 13.4 Å². The Morgan fingerprint density at radius 3 is 2.76 bits per heavy atom. The van der Waals surface area contributed by atoms with Gasteiger partial charge in [0.1, 0.15) is 15.7 Å². The third-order valence-corrected chi connectivity index (χ3v) is 3.24. The highest BCUT2D eigenvalue weighted by molar-refractivity contribution is 7.90. The summed E-state index contributed by atoms with van der Waals surface area (Å²) < 4.78 is 22.0. The van der Waals surface area contributed by atoms with Gasteiger partial charge < -0.3 is 5.32 Å². The number of anilines is 1. The molecule has 11 heteroatoms. The van der Waals surface area contributed by atoms with Crippen molar-refractivity contribution in [3.05, 3.63) is 45.5 Å². The van der Waals surface area contributed by atoms with E-state index in [0.29, 0.717) is 17.0 Å². The maximum atomic E-state index is 11.0. The van der Waals surface area contributed by atoms with Gasteiger partial charge in [0.15, 0.2) is 5.82 Å². The first-order valence-corrected chi connectivity index (χ1v) is 8.10. The van der Waals surface area contributed by atoms with Crippen molar-refractivity contribution in [3.8, 4) is 0 Å². The standard InChI is InChI=1S/C10H14ClN5O4S/c1-21(19,20)5-4-12-10(7-16(17)18)15-14-9-3-2-8(11)6-13-9/h2-3,6-7,12,15H,4-5H2,1H3,(H,13,14)/b10-7-. The van der Waals surface area contributed by atoms with E-state index in [1.165, 1.54) is 6.20 Å². The molecule has 0 aliphatic carbocycles. The molecule has 0 fully saturated rings. The number of aromatic nitrogens is 1. The van der Waals surface area contributed by atoms with Crippen LogP contribution < -0.4 is 16.2 Å². The van der Waals surface area contributed by atoms with Gasteiger partial charge in [0.2, 0.25) is 0 Å². The molecule has 0 amide bonds. The second kappa shape index (κ2) is 7.64. The molecule has 0 bridgehead atoms. The SMILES string of the molecule is CS(=O)(=O)CCN/C(=C/[N+](=O)[O-])NNc1ccc(Cl)cn1. The van der Waals surface area contributed by atoms with E-state index >= 15 is 0 Å². The first-order chi connectivity index (χ1) is 9.76. The summed E-state index contributed by atoms with van der Waals surface area (Å²) in [5, 5.41) is 13.5. The van der Waals surface area contributed by atoms with Crippen LogP contribution in [-0.2, 0) is 9.84 Å². The Kier molecular flexibility index (Phi) is 6.18. The fraction of sp³-hybridized carbons (Fsp3) is 0.300. The summed E-state index contributed by atoms with van der Waals surface area (Å²) in [6.45, 7) is 0.0290. The lowest BCUT2D eigenvalue weighted by Gasteiger charge is -2.12. The normalized spacial score (nSPS) is 11.8. The zero-order chi connectivity index (χ0) is 15.9. The van der Waals surface area contributed by atoms with Crippen molar-refractivity contribution in [2.24, 2.45) is 0 Å². The molecule has 0 atom stereocenters. The summed E-state index contributed by atoms with van der Waals surface area (Å²) in [7, 11) is -3.15. The van der Waals surface area contributed by atoms with Gasteiger partial charge in [-0.1, -0.05) is 11.6 Å². The van der Waals surface area contributed by atoms with Gasteiger partial charge in [-0.2, -0.15) is 0 Å². The highest BCUT2D eigenvalue weighted by Gasteiger charge is 2.06. The van der Waals surface area contributed by atoms with E-state index in [9.17, 15) is 18.5 Å². The smallest absolute Gasteiger partial charge is 0.275 e. The summed E-state index contributed by atoms with van der Waals surface area (Å²) in [6, 6.07) is 3.15. The minimum Gasteiger partial charge on any atom is -0.364 e. The van der Waals surface area contributed by atoms with Gasteiger partial charge in [0.05, 0.1) is 15.7 Å². The molecule has 0 aliphatic heterocycles. The van der Waals surface area contributed by atoms with Gasteiger partial charge in [0.25, 0.3) is 6.20 Å². The molecule has 1 aromatic rings. The highest BCUT2D eigenvalue weighted by atomic mass is 35.5. The van der Waals surface area contributed by atoms with Crippen LogP contribution in [0, 0.1) is 10.1 Å². The molecule has 0 radical (unpaired) electrons. The highest BCUT2D eigenvalue weighted by Crippen LogP contribution is 2.08. The molecule has 0 spiro atoms. The Morgan fingerprint density at radius 2 is 2.24 bits per heavy atom. The van der Waals surface area contributed by atoms with Gasteiger partial charge in [-0.15, -0.1) is 0 Å². The minimum absolute atomic E-state index is 0.000370. The average Bonchev–Trinajstić information content (AvgIpc) is 2.35. The van der Waals surface area contributed by atoms with Crippen molar-refractivity contribution in [2.75, 3.05) is 24.0 Å². The molecule has 116 valence electrons. The second-order valence-electron chi connectivity index (χ2n) is 4.00. The van der Waals surface area contributed by atoms with Crippen molar-refractivity contribution in [3.63, 3.8) is 0 Å². The Labute approximate surface area is 126 Å². The van der Waals surface area contributed by atoms with Crippen LogP contribution in [0.1, 0.15) is 0 Å². The lowest BCUT2D eigenvalue weighted by molar-refractivity contribution is -0.404. The third kappa shape index (κ3) is 7.95. The fourth-order valence-electron chi connectivity index (χ4n) is 1.18. The van der Waals surface area contributed by atoms with E-state index in [4.69, 9.17) is 11.6 Å². The maximum absolute atomic E-state index is 11.0. The van der Waals surface area contributed by atoms with Crippen LogP contribution in [0.5, 0.6) is 0 Å². The number of nitrogens with one attached hydrogen (secondary N) is 3. The number of nitro groups is 1. The monoisotopic (exact) mass is 335 g/mol. The van der Waals surface area contributed by atoms with Gasteiger partial charge in [-0.3, -0.25) is 21.0 Å². The number of pyridine rings is 1. The van der Waals surface area contributed by atoms with Crippen molar-refractivity contribution >= 4 is 27.3 Å². The van der Waals surface area contributed by atoms with E-state index in [-0.39, 0.29) is 18.1 Å². The lowest BCUT2D eigenvalue weighted by atomic mass is 10.5. The molecule has 1 rings (SSSR count). The van der Waals surface area contributed by atoms with Crippen molar-refractivity contribution in [1.29, 1.82) is 0 Å². The number of hydrogen-bond acceptors (Lipinski definition) is 8. The van der Waals surface area contributed by atoms with Crippen LogP contribution in [0.25, 0.3) is 0 Å². The number of sulfone groups is 1. The molecule has 1 aromatic heterocycles. The molecule has 9 nitrogen and oxygen atoms in total. The molecule has 1 heterocycles. The van der Waals surface area contributed by atoms with Crippen LogP contribution in [0.15, 0.2) is 30.4 Å². The maximum Gasteiger partial charge on any atom is 0.275 e. The number of hydrazine groups is 1. The number of hydrogen-bond donors (Lipinski definition) is 3. The van der Waals surface area contributed by atoms with E-state index in [2.05, 4.69) is 21.2 Å². The molecule has 0 saturated heterocycles. The van der Waals surface area contributed by atoms with Gasteiger partial charge in [-0.05, 0) is 12.1 Å². The Bertz CT molecular complexity index is 617. The van der Waals surface area contributed by atoms with Crippen LogP contribution >= 0.6 is 11.6 Å². The van der Waals surface area contributed by atoms with Crippen molar-refractivity contribution in [1.82, 2.24) is 15.7 Å². The van der Waals surface area contributed by atoms with E-state index < -0.39 is 14.8 Å². The average molecular weight is 336 g/mol. The van der Waals surface area contributed by atoms with Gasteiger partial charge >= 0.3 is 0 Å². The van der Waals surface area contributed by atoms with Crippen LogP contribution in [0.4, 0.5) is 5.82 Å². The van der Waals surface area contributed by atoms with Crippen LogP contribution in [-0.4, -0.2) is 36.9 Å². The predicted molar refractivity (Wildman–Crippen MR) is 78.8 cm³/mol. The predicted octanol–water partition coefficient (Wildman–Crippen LogP) is 0.361. The zero-order valence-corrected chi connectivity index (χ0v) is 12.6. The Morgan fingerprint density at radius 1 is 1.52 bits per heavy atom. The molecule has 0 aromatic carbocycles. The van der Waals surface area contributed by atoms with E-state index in [1.807, 2.05) is 0 Å². The lowest BCUT2D eigenvalue weighted by Crippen LogP contribution is -2.34. The summed E-state index contributed by atoms with van der Waals surface area (Å²) >= 11 is 5.67. The van der Waals surface area contributed by atoms with Crippen LogP contribution in [0.3, 0.4) is 0 Å². The molecule has 0 aliphatic rings. The largest absolute Gasteiger partial charge is 0.364 e. The van der Waals surface area contributed by atoms with Crippen molar-refractivity contribution in [2.45, 2.75) is 0 Å². The second-order valence-corrected chi connectivity index (χ2v) is 6.69.